The second kappa shape index (κ2) is 10.4. The van der Waals surface area contributed by atoms with Gasteiger partial charge < -0.3 is 19.9 Å². The van der Waals surface area contributed by atoms with E-state index in [1.54, 1.807) is 39.8 Å². The van der Waals surface area contributed by atoms with Gasteiger partial charge in [0.05, 0.1) is 18.9 Å². The number of rotatable bonds is 4. The zero-order valence-corrected chi connectivity index (χ0v) is 25.2. The Kier molecular flexibility index (Phi) is 7.50. The topological polar surface area (TPSA) is 162 Å². The first-order valence-corrected chi connectivity index (χ1v) is 16.0. The van der Waals surface area contributed by atoms with Crippen molar-refractivity contribution in [1.82, 2.24) is 19.5 Å². The van der Waals surface area contributed by atoms with Gasteiger partial charge in [0.15, 0.2) is 11.6 Å². The number of nitrogens with one attached hydrogen (secondary N) is 2. The van der Waals surface area contributed by atoms with Crippen molar-refractivity contribution in [1.29, 1.82) is 5.26 Å². The first-order chi connectivity index (χ1) is 19.6. The van der Waals surface area contributed by atoms with E-state index in [1.165, 1.54) is 16.0 Å². The Labute approximate surface area is 245 Å². The third-order valence-electron chi connectivity index (χ3n) is 9.13. The molecule has 1 aliphatic carbocycles. The number of ether oxygens (including phenoxy) is 1. The van der Waals surface area contributed by atoms with Gasteiger partial charge >= 0.3 is 0 Å². The van der Waals surface area contributed by atoms with Crippen molar-refractivity contribution < 1.29 is 31.9 Å². The van der Waals surface area contributed by atoms with Crippen LogP contribution in [0.25, 0.3) is 0 Å². The first kappa shape index (κ1) is 30.2. The molecule has 14 heteroatoms. The number of anilines is 1. The lowest BCUT2D eigenvalue weighted by Gasteiger charge is -2.40. The molecule has 2 saturated heterocycles. The number of nitriles is 1. The zero-order valence-electron chi connectivity index (χ0n) is 24.3. The number of carbonyl (C=O) groups is 3. The summed E-state index contributed by atoms with van der Waals surface area (Å²) >= 11 is 0. The Bertz CT molecular complexity index is 1440. The molecular formula is C28H37FN6O6S. The highest BCUT2D eigenvalue weighted by Crippen LogP contribution is 2.47. The van der Waals surface area contributed by atoms with Crippen LogP contribution in [0.2, 0.25) is 0 Å². The van der Waals surface area contributed by atoms with Crippen molar-refractivity contribution >= 4 is 33.6 Å². The van der Waals surface area contributed by atoms with E-state index >= 15 is 4.39 Å². The molecule has 2 N–H and O–H groups in total. The van der Waals surface area contributed by atoms with Crippen molar-refractivity contribution in [2.45, 2.75) is 76.9 Å². The molecule has 4 heterocycles. The zero-order chi connectivity index (χ0) is 30.8. The van der Waals surface area contributed by atoms with E-state index in [2.05, 4.69) is 21.1 Å². The number of carbonyl (C=O) groups excluding carboxylic acids is 3. The Morgan fingerprint density at radius 1 is 1.31 bits per heavy atom. The standard InChI is InChI=1S/C28H37FN6O6S/c1-15-18(29)9-8-16-13-34(25(37)22(27(2,3)4)33-42(5,39)40)21(20(15)16)24(36)35-14-28(11-17(35)12-30)26(38)32-23-19(41-28)7-6-10-31-23/h6-7,10,15-18,20-22,33H,8-9,11,13-14H2,1-5H3,(H,31,32,38)/t15-,16+,17+,18-,20+,21+,22-,28-/m1/s1. The van der Waals surface area contributed by atoms with Gasteiger partial charge in [0.2, 0.25) is 27.4 Å². The molecule has 3 amide bonds. The molecule has 1 aromatic rings. The Balaban J connectivity index is 1.52. The molecule has 5 rings (SSSR count). The number of nitrogens with zero attached hydrogens (tertiary/aromatic N) is 4. The van der Waals surface area contributed by atoms with Gasteiger partial charge in [-0.3, -0.25) is 14.4 Å². The summed E-state index contributed by atoms with van der Waals surface area (Å²) in [4.78, 5) is 48.6. The van der Waals surface area contributed by atoms with E-state index in [0.717, 1.165) is 6.26 Å². The van der Waals surface area contributed by atoms with E-state index in [9.17, 15) is 28.1 Å². The van der Waals surface area contributed by atoms with Crippen molar-refractivity contribution in [3.63, 3.8) is 0 Å². The maximum atomic E-state index is 15.1. The Morgan fingerprint density at radius 2 is 2.02 bits per heavy atom. The van der Waals surface area contributed by atoms with Crippen molar-refractivity contribution in [3.8, 4) is 11.8 Å². The van der Waals surface area contributed by atoms with E-state index in [4.69, 9.17) is 4.74 Å². The van der Waals surface area contributed by atoms with Crippen LogP contribution in [0.15, 0.2) is 18.3 Å². The summed E-state index contributed by atoms with van der Waals surface area (Å²) < 4.78 is 48.1. The van der Waals surface area contributed by atoms with Crippen LogP contribution in [-0.2, 0) is 24.4 Å². The molecule has 42 heavy (non-hydrogen) atoms. The molecule has 3 aliphatic heterocycles. The van der Waals surface area contributed by atoms with E-state index in [0.29, 0.717) is 18.6 Å². The number of fused-ring (bicyclic) bond motifs is 2. The van der Waals surface area contributed by atoms with Crippen LogP contribution in [0, 0.1) is 34.5 Å². The monoisotopic (exact) mass is 604 g/mol. The first-order valence-electron chi connectivity index (χ1n) is 14.1. The lowest BCUT2D eigenvalue weighted by molar-refractivity contribution is -0.149. The number of aromatic nitrogens is 1. The van der Waals surface area contributed by atoms with Crippen LogP contribution in [-0.4, -0.2) is 90.2 Å². The lowest BCUT2D eigenvalue weighted by atomic mass is 9.70. The summed E-state index contributed by atoms with van der Waals surface area (Å²) in [6.07, 6.45) is 1.93. The summed E-state index contributed by atoms with van der Waals surface area (Å²) in [6, 6.07) is 1.99. The number of halogens is 1. The minimum atomic E-state index is -3.80. The van der Waals surface area contributed by atoms with Gasteiger partial charge in [0, 0.05) is 19.2 Å². The number of pyridine rings is 1. The minimum Gasteiger partial charge on any atom is -0.472 e. The number of likely N-dealkylation sites (tertiary alicyclic amines) is 2. The second-order valence-electron chi connectivity index (χ2n) is 13.1. The molecule has 0 unspecified atom stereocenters. The molecule has 12 nitrogen and oxygen atoms in total. The van der Waals surface area contributed by atoms with Crippen molar-refractivity contribution in [3.05, 3.63) is 18.3 Å². The molecule has 1 saturated carbocycles. The lowest BCUT2D eigenvalue weighted by Crippen LogP contribution is -2.60. The summed E-state index contributed by atoms with van der Waals surface area (Å²) in [7, 11) is -3.80. The predicted molar refractivity (Wildman–Crippen MR) is 149 cm³/mol. The SMILES string of the molecule is C[C@H]1[C@H]2[C@@H](CC[C@H]1F)CN(C(=O)[C@@H](NS(C)(=O)=O)C(C)(C)C)[C@@H]2C(=O)N1C[C@@]2(C[C@H]1C#N)Oc1cccnc1NC2=O. The van der Waals surface area contributed by atoms with E-state index in [-0.39, 0.29) is 31.2 Å². The normalized spacial score (nSPS) is 33.3. The Hall–Kier alpha value is -3.31. The van der Waals surface area contributed by atoms with E-state index < -0.39 is 74.9 Å². The van der Waals surface area contributed by atoms with Gasteiger partial charge in [-0.2, -0.15) is 5.26 Å². The van der Waals surface area contributed by atoms with Gasteiger partial charge in [-0.15, -0.1) is 0 Å². The molecule has 0 aromatic carbocycles. The summed E-state index contributed by atoms with van der Waals surface area (Å²) in [5.74, 6) is -2.46. The highest BCUT2D eigenvalue weighted by Gasteiger charge is 2.60. The average Bonchev–Trinajstić information content (AvgIpc) is 3.48. The quantitative estimate of drug-likeness (QED) is 0.522. The fourth-order valence-electron chi connectivity index (χ4n) is 7.01. The van der Waals surface area contributed by atoms with Crippen LogP contribution in [0.5, 0.6) is 5.75 Å². The molecule has 1 spiro atoms. The Morgan fingerprint density at radius 3 is 2.67 bits per heavy atom. The molecule has 8 atom stereocenters. The summed E-state index contributed by atoms with van der Waals surface area (Å²) in [6.45, 7) is 6.78. The largest absolute Gasteiger partial charge is 0.472 e. The molecule has 3 fully saturated rings. The van der Waals surface area contributed by atoms with Crippen molar-refractivity contribution in [2.24, 2.45) is 23.2 Å². The average molecular weight is 605 g/mol. The third-order valence-corrected chi connectivity index (χ3v) is 9.79. The molecule has 0 radical (unpaired) electrons. The van der Waals surface area contributed by atoms with Crippen LogP contribution in [0.1, 0.15) is 47.0 Å². The van der Waals surface area contributed by atoms with Gasteiger partial charge in [-0.1, -0.05) is 27.7 Å². The molecule has 228 valence electrons. The van der Waals surface area contributed by atoms with Gasteiger partial charge in [-0.05, 0) is 48.1 Å². The van der Waals surface area contributed by atoms with Crippen LogP contribution in [0.3, 0.4) is 0 Å². The van der Waals surface area contributed by atoms with E-state index in [1.807, 2.05) is 0 Å². The fourth-order valence-corrected chi connectivity index (χ4v) is 7.89. The maximum Gasteiger partial charge on any atom is 0.271 e. The summed E-state index contributed by atoms with van der Waals surface area (Å²) in [5.41, 5.74) is -2.40. The van der Waals surface area contributed by atoms with Crippen LogP contribution >= 0.6 is 0 Å². The van der Waals surface area contributed by atoms with Crippen LogP contribution < -0.4 is 14.8 Å². The molecular weight excluding hydrogens is 567 g/mol. The summed E-state index contributed by atoms with van der Waals surface area (Å²) in [5, 5.41) is 12.8. The molecule has 4 aliphatic rings. The smallest absolute Gasteiger partial charge is 0.271 e. The van der Waals surface area contributed by atoms with Crippen molar-refractivity contribution in [2.75, 3.05) is 24.7 Å². The number of alkyl halides is 1. The third kappa shape index (κ3) is 5.21. The van der Waals surface area contributed by atoms with Crippen LogP contribution in [0.4, 0.5) is 10.2 Å². The minimum absolute atomic E-state index is 0.105. The number of hydrogen-bond acceptors (Lipinski definition) is 8. The predicted octanol–water partition coefficient (Wildman–Crippen LogP) is 1.45. The number of amides is 3. The molecule has 1 aromatic heterocycles. The van der Waals surface area contributed by atoms with Gasteiger partial charge in [0.25, 0.3) is 5.91 Å². The van der Waals surface area contributed by atoms with Gasteiger partial charge in [0.1, 0.15) is 24.3 Å². The highest BCUT2D eigenvalue weighted by molar-refractivity contribution is 7.88. The fraction of sp³-hybridized carbons (Fsp3) is 0.679. The number of sulfonamides is 1. The second-order valence-corrected chi connectivity index (χ2v) is 14.9. The number of hydrogen-bond donors (Lipinski definition) is 2. The van der Waals surface area contributed by atoms with Gasteiger partial charge in [-0.25, -0.2) is 22.5 Å². The molecule has 0 bridgehead atoms. The maximum absolute atomic E-state index is 15.1. The highest BCUT2D eigenvalue weighted by atomic mass is 32.2.